The molecule has 2 aromatic carbocycles. The van der Waals surface area contributed by atoms with Crippen LogP contribution in [-0.4, -0.2) is 10.9 Å². The first kappa shape index (κ1) is 15.6. The molecule has 0 spiro atoms. The number of fused-ring (bicyclic) bond motifs is 1. The van der Waals surface area contributed by atoms with E-state index in [9.17, 15) is 4.79 Å². The standard InChI is InChI=1S/C20H16N2O2S/c1-13-4-9-17-16(11-13)22-19(24-17)12-14-5-7-15(8-6-14)21-20(23)18-3-2-10-25-18/h2-11H,12H2,1H3,(H,21,23). The van der Waals surface area contributed by atoms with Crippen molar-refractivity contribution < 1.29 is 9.21 Å². The van der Waals surface area contributed by atoms with Crippen LogP contribution in [0.5, 0.6) is 0 Å². The molecule has 0 aliphatic carbocycles. The fourth-order valence-electron chi connectivity index (χ4n) is 2.64. The second-order valence-electron chi connectivity index (χ2n) is 5.88. The predicted octanol–water partition coefficient (Wildman–Crippen LogP) is 5.04. The predicted molar refractivity (Wildman–Crippen MR) is 100 cm³/mol. The summed E-state index contributed by atoms with van der Waals surface area (Å²) in [6.45, 7) is 2.04. The second kappa shape index (κ2) is 6.53. The van der Waals surface area contributed by atoms with Gasteiger partial charge in [-0.1, -0.05) is 24.3 Å². The van der Waals surface area contributed by atoms with Crippen LogP contribution in [-0.2, 0) is 6.42 Å². The van der Waals surface area contributed by atoms with E-state index in [0.29, 0.717) is 17.2 Å². The number of carbonyl (C=O) groups is 1. The molecule has 2 heterocycles. The first-order chi connectivity index (χ1) is 12.2. The number of amides is 1. The molecular weight excluding hydrogens is 332 g/mol. The monoisotopic (exact) mass is 348 g/mol. The largest absolute Gasteiger partial charge is 0.440 e. The van der Waals surface area contributed by atoms with Crippen LogP contribution in [0.2, 0.25) is 0 Å². The molecule has 124 valence electrons. The van der Waals surface area contributed by atoms with Crippen molar-refractivity contribution in [3.8, 4) is 0 Å². The van der Waals surface area contributed by atoms with Gasteiger partial charge in [0.05, 0.1) is 4.88 Å². The van der Waals surface area contributed by atoms with E-state index in [2.05, 4.69) is 10.3 Å². The van der Waals surface area contributed by atoms with Gasteiger partial charge in [0.2, 0.25) is 0 Å². The number of thiophene rings is 1. The van der Waals surface area contributed by atoms with E-state index in [1.807, 2.05) is 66.9 Å². The number of aryl methyl sites for hydroxylation is 1. The zero-order valence-electron chi connectivity index (χ0n) is 13.7. The Morgan fingerprint density at radius 2 is 2.00 bits per heavy atom. The molecule has 4 aromatic rings. The van der Waals surface area contributed by atoms with Gasteiger partial charge in [-0.25, -0.2) is 4.98 Å². The Balaban J connectivity index is 1.47. The van der Waals surface area contributed by atoms with Crippen LogP contribution < -0.4 is 5.32 Å². The van der Waals surface area contributed by atoms with Crippen LogP contribution in [0.4, 0.5) is 5.69 Å². The Kier molecular flexibility index (Phi) is 4.07. The number of anilines is 1. The average molecular weight is 348 g/mol. The SMILES string of the molecule is Cc1ccc2oc(Cc3ccc(NC(=O)c4cccs4)cc3)nc2c1. The van der Waals surface area contributed by atoms with E-state index < -0.39 is 0 Å². The smallest absolute Gasteiger partial charge is 0.265 e. The third kappa shape index (κ3) is 3.46. The molecule has 0 aliphatic heterocycles. The molecule has 0 atom stereocenters. The molecule has 25 heavy (non-hydrogen) atoms. The first-order valence-corrected chi connectivity index (χ1v) is 8.85. The summed E-state index contributed by atoms with van der Waals surface area (Å²) in [5.41, 5.74) is 4.71. The van der Waals surface area contributed by atoms with Gasteiger partial charge in [-0.3, -0.25) is 4.79 Å². The molecule has 0 aliphatic rings. The number of nitrogens with zero attached hydrogens (tertiary/aromatic N) is 1. The summed E-state index contributed by atoms with van der Waals surface area (Å²) >= 11 is 1.43. The van der Waals surface area contributed by atoms with Crippen LogP contribution in [0.15, 0.2) is 64.4 Å². The van der Waals surface area contributed by atoms with E-state index in [1.54, 1.807) is 0 Å². The number of hydrogen-bond donors (Lipinski definition) is 1. The van der Waals surface area contributed by atoms with Crippen molar-refractivity contribution in [2.45, 2.75) is 13.3 Å². The van der Waals surface area contributed by atoms with Gasteiger partial charge in [0.25, 0.3) is 5.91 Å². The molecule has 1 amide bonds. The van der Waals surface area contributed by atoms with Crippen molar-refractivity contribution in [2.24, 2.45) is 0 Å². The zero-order chi connectivity index (χ0) is 17.2. The van der Waals surface area contributed by atoms with E-state index in [4.69, 9.17) is 4.42 Å². The lowest BCUT2D eigenvalue weighted by Gasteiger charge is -2.04. The lowest BCUT2D eigenvalue weighted by Crippen LogP contribution is -2.09. The normalized spacial score (nSPS) is 10.9. The number of hydrogen-bond acceptors (Lipinski definition) is 4. The highest BCUT2D eigenvalue weighted by atomic mass is 32.1. The van der Waals surface area contributed by atoms with Gasteiger partial charge in [0.1, 0.15) is 5.52 Å². The molecule has 2 aromatic heterocycles. The van der Waals surface area contributed by atoms with E-state index in [0.717, 1.165) is 27.9 Å². The maximum absolute atomic E-state index is 12.1. The third-order valence-corrected chi connectivity index (χ3v) is 4.77. The van der Waals surface area contributed by atoms with Crippen LogP contribution in [0, 0.1) is 6.92 Å². The van der Waals surface area contributed by atoms with Crippen molar-refractivity contribution in [1.29, 1.82) is 0 Å². The summed E-state index contributed by atoms with van der Waals surface area (Å²) in [5.74, 6) is 0.605. The van der Waals surface area contributed by atoms with Gasteiger partial charge in [-0.15, -0.1) is 11.3 Å². The maximum Gasteiger partial charge on any atom is 0.265 e. The van der Waals surface area contributed by atoms with Crippen molar-refractivity contribution in [2.75, 3.05) is 5.32 Å². The summed E-state index contributed by atoms with van der Waals surface area (Å²) in [6.07, 6.45) is 0.618. The molecule has 0 bridgehead atoms. The van der Waals surface area contributed by atoms with Crippen molar-refractivity contribution in [1.82, 2.24) is 4.98 Å². The summed E-state index contributed by atoms with van der Waals surface area (Å²) in [6, 6.07) is 17.4. The van der Waals surface area contributed by atoms with Gasteiger partial charge in [0, 0.05) is 12.1 Å². The molecule has 0 saturated heterocycles. The van der Waals surface area contributed by atoms with Crippen molar-refractivity contribution >= 4 is 34.0 Å². The van der Waals surface area contributed by atoms with Crippen LogP contribution in [0.25, 0.3) is 11.1 Å². The Hall–Kier alpha value is -2.92. The highest BCUT2D eigenvalue weighted by Gasteiger charge is 2.09. The second-order valence-corrected chi connectivity index (χ2v) is 6.83. The molecule has 0 unspecified atom stereocenters. The fourth-order valence-corrected chi connectivity index (χ4v) is 3.26. The third-order valence-electron chi connectivity index (χ3n) is 3.90. The van der Waals surface area contributed by atoms with Crippen LogP contribution in [0.3, 0.4) is 0 Å². The number of nitrogens with one attached hydrogen (secondary N) is 1. The van der Waals surface area contributed by atoms with Crippen LogP contribution >= 0.6 is 11.3 Å². The number of rotatable bonds is 4. The zero-order valence-corrected chi connectivity index (χ0v) is 14.5. The van der Waals surface area contributed by atoms with E-state index in [-0.39, 0.29) is 5.91 Å². The number of aromatic nitrogens is 1. The molecule has 1 N–H and O–H groups in total. The molecule has 4 rings (SSSR count). The van der Waals surface area contributed by atoms with Crippen molar-refractivity contribution in [3.05, 3.63) is 81.9 Å². The summed E-state index contributed by atoms with van der Waals surface area (Å²) in [4.78, 5) is 17.3. The summed E-state index contributed by atoms with van der Waals surface area (Å²) in [5, 5.41) is 4.78. The van der Waals surface area contributed by atoms with Crippen LogP contribution in [0.1, 0.15) is 26.7 Å². The van der Waals surface area contributed by atoms with Gasteiger partial charge in [-0.2, -0.15) is 0 Å². The minimum Gasteiger partial charge on any atom is -0.440 e. The summed E-state index contributed by atoms with van der Waals surface area (Å²) in [7, 11) is 0. The Bertz CT molecular complexity index is 1020. The molecule has 4 nitrogen and oxygen atoms in total. The molecule has 5 heteroatoms. The molecule has 0 saturated carbocycles. The minimum absolute atomic E-state index is 0.0860. The quantitative estimate of drug-likeness (QED) is 0.562. The molecule has 0 fully saturated rings. The maximum atomic E-state index is 12.1. The number of benzene rings is 2. The fraction of sp³-hybridized carbons (Fsp3) is 0.100. The lowest BCUT2D eigenvalue weighted by atomic mass is 10.1. The Labute approximate surface area is 149 Å². The van der Waals surface area contributed by atoms with E-state index >= 15 is 0 Å². The minimum atomic E-state index is -0.0860. The number of carbonyl (C=O) groups excluding carboxylic acids is 1. The summed E-state index contributed by atoms with van der Waals surface area (Å²) < 4.78 is 5.79. The number of oxazole rings is 1. The van der Waals surface area contributed by atoms with E-state index in [1.165, 1.54) is 11.3 Å². The first-order valence-electron chi connectivity index (χ1n) is 7.97. The van der Waals surface area contributed by atoms with Gasteiger partial charge in [-0.05, 0) is 53.8 Å². The topological polar surface area (TPSA) is 55.1 Å². The Morgan fingerprint density at radius 1 is 1.16 bits per heavy atom. The molecular formula is C20H16N2O2S. The lowest BCUT2D eigenvalue weighted by molar-refractivity contribution is 0.103. The Morgan fingerprint density at radius 3 is 2.76 bits per heavy atom. The van der Waals surface area contributed by atoms with Gasteiger partial charge >= 0.3 is 0 Å². The van der Waals surface area contributed by atoms with Gasteiger partial charge in [0.15, 0.2) is 11.5 Å². The highest BCUT2D eigenvalue weighted by Crippen LogP contribution is 2.20. The molecule has 0 radical (unpaired) electrons. The van der Waals surface area contributed by atoms with Gasteiger partial charge < -0.3 is 9.73 Å². The average Bonchev–Trinajstić information content (AvgIpc) is 3.25. The van der Waals surface area contributed by atoms with Crippen molar-refractivity contribution in [3.63, 3.8) is 0 Å². The highest BCUT2D eigenvalue weighted by molar-refractivity contribution is 7.12.